The van der Waals surface area contributed by atoms with Crippen LogP contribution in [-0.2, 0) is 19.8 Å². The van der Waals surface area contributed by atoms with Crippen molar-refractivity contribution in [2.75, 3.05) is 19.8 Å². The van der Waals surface area contributed by atoms with E-state index in [4.69, 9.17) is 30.5 Å². The van der Waals surface area contributed by atoms with Gasteiger partial charge in [0.05, 0.1) is 16.7 Å². The summed E-state index contributed by atoms with van der Waals surface area (Å²) >= 11 is 6.70. The van der Waals surface area contributed by atoms with Crippen LogP contribution in [0.5, 0.6) is 23.0 Å². The molecule has 0 spiro atoms. The number of nitriles is 1. The number of nitrogens with zero attached hydrogens (tertiary/aromatic N) is 1. The number of rotatable bonds is 11. The number of benzene rings is 4. The average molecular weight is 569 g/mol. The van der Waals surface area contributed by atoms with Gasteiger partial charge in [-0.25, -0.2) is 0 Å². The van der Waals surface area contributed by atoms with Gasteiger partial charge in [-0.15, -0.1) is 0 Å². The molecule has 6 nitrogen and oxygen atoms in total. The molecule has 4 aromatic rings. The Kier molecular flexibility index (Phi) is 9.30. The smallest absolute Gasteiger partial charge is 0.161 e. The maximum atomic E-state index is 9.24. The minimum atomic E-state index is 0.327. The van der Waals surface area contributed by atoms with Gasteiger partial charge in [0, 0.05) is 18.2 Å². The van der Waals surface area contributed by atoms with Crippen LogP contribution in [0.2, 0.25) is 5.02 Å². The van der Waals surface area contributed by atoms with Gasteiger partial charge in [0.1, 0.15) is 37.9 Å². The fourth-order valence-corrected chi connectivity index (χ4v) is 5.01. The Balaban J connectivity index is 1.35. The van der Waals surface area contributed by atoms with Crippen LogP contribution in [0.15, 0.2) is 72.8 Å². The second kappa shape index (κ2) is 13.5. The van der Waals surface area contributed by atoms with Gasteiger partial charge in [-0.1, -0.05) is 54.9 Å². The van der Waals surface area contributed by atoms with Gasteiger partial charge in [-0.3, -0.25) is 0 Å². The normalized spacial score (nSPS) is 12.0. The fourth-order valence-electron chi connectivity index (χ4n) is 4.77. The van der Waals surface area contributed by atoms with E-state index in [1.807, 2.05) is 48.5 Å². The first kappa shape index (κ1) is 28.4. The Morgan fingerprint density at radius 1 is 0.878 bits per heavy atom. The molecule has 0 amide bonds. The molecule has 4 aromatic carbocycles. The summed E-state index contributed by atoms with van der Waals surface area (Å²) in [6.07, 6.45) is 1.02. The van der Waals surface area contributed by atoms with E-state index < -0.39 is 0 Å². The lowest BCUT2D eigenvalue weighted by molar-refractivity contribution is 0.171. The molecule has 0 unspecified atom stereocenters. The molecule has 0 radical (unpaired) electrons. The summed E-state index contributed by atoms with van der Waals surface area (Å²) in [6.45, 7) is 7.53. The van der Waals surface area contributed by atoms with Gasteiger partial charge in [-0.05, 0) is 78.0 Å². The van der Waals surface area contributed by atoms with Crippen molar-refractivity contribution in [3.8, 4) is 40.2 Å². The van der Waals surface area contributed by atoms with Gasteiger partial charge in [0.15, 0.2) is 11.5 Å². The van der Waals surface area contributed by atoms with Crippen molar-refractivity contribution in [3.05, 3.63) is 106 Å². The molecule has 0 aromatic heterocycles. The monoisotopic (exact) mass is 568 g/mol. The zero-order chi connectivity index (χ0) is 28.6. The van der Waals surface area contributed by atoms with Crippen molar-refractivity contribution in [2.24, 2.45) is 0 Å². The van der Waals surface area contributed by atoms with Gasteiger partial charge in [-0.2, -0.15) is 5.26 Å². The number of hydrogen-bond acceptors (Lipinski definition) is 6. The van der Waals surface area contributed by atoms with E-state index in [0.29, 0.717) is 55.1 Å². The van der Waals surface area contributed by atoms with Crippen molar-refractivity contribution >= 4 is 11.6 Å². The van der Waals surface area contributed by atoms with E-state index in [1.54, 1.807) is 6.07 Å². The van der Waals surface area contributed by atoms with E-state index in [9.17, 15) is 5.26 Å². The molecule has 41 heavy (non-hydrogen) atoms. The molecule has 0 bridgehead atoms. The van der Waals surface area contributed by atoms with Crippen molar-refractivity contribution in [3.63, 3.8) is 0 Å². The first-order valence-corrected chi connectivity index (χ1v) is 14.2. The zero-order valence-electron chi connectivity index (χ0n) is 23.3. The topological polar surface area (TPSA) is 72.7 Å². The summed E-state index contributed by atoms with van der Waals surface area (Å²) < 4.78 is 24.0. The van der Waals surface area contributed by atoms with E-state index in [2.05, 4.69) is 43.4 Å². The molecule has 0 aliphatic carbocycles. The lowest BCUT2D eigenvalue weighted by Gasteiger charge is -2.20. The van der Waals surface area contributed by atoms with Crippen LogP contribution >= 0.6 is 11.6 Å². The maximum Gasteiger partial charge on any atom is 0.161 e. The molecular formula is C34H33ClN2O4. The maximum absolute atomic E-state index is 9.24. The lowest BCUT2D eigenvalue weighted by atomic mass is 9.96. The fraction of sp³-hybridized carbons (Fsp3) is 0.265. The van der Waals surface area contributed by atoms with E-state index in [-0.39, 0.29) is 0 Å². The predicted octanol–water partition coefficient (Wildman–Crippen LogP) is 7.62. The van der Waals surface area contributed by atoms with Crippen LogP contribution in [0.1, 0.15) is 41.2 Å². The Bertz CT molecular complexity index is 1560. The molecular weight excluding hydrogens is 536 g/mol. The third-order valence-corrected chi connectivity index (χ3v) is 7.29. The van der Waals surface area contributed by atoms with Crippen LogP contribution < -0.4 is 24.3 Å². The molecule has 0 saturated carbocycles. The summed E-state index contributed by atoms with van der Waals surface area (Å²) in [6, 6.07) is 25.6. The Morgan fingerprint density at radius 2 is 1.68 bits per heavy atom. The lowest BCUT2D eigenvalue weighted by Crippen LogP contribution is -2.15. The van der Waals surface area contributed by atoms with Gasteiger partial charge >= 0.3 is 0 Å². The highest BCUT2D eigenvalue weighted by Gasteiger charge is 2.16. The van der Waals surface area contributed by atoms with Gasteiger partial charge < -0.3 is 24.3 Å². The molecule has 1 heterocycles. The summed E-state index contributed by atoms with van der Waals surface area (Å²) in [4.78, 5) is 0. The van der Waals surface area contributed by atoms with E-state index in [0.717, 1.165) is 57.8 Å². The van der Waals surface area contributed by atoms with Crippen molar-refractivity contribution in [1.29, 1.82) is 5.26 Å². The second-order valence-corrected chi connectivity index (χ2v) is 10.3. The zero-order valence-corrected chi connectivity index (χ0v) is 24.1. The first-order chi connectivity index (χ1) is 20.1. The van der Waals surface area contributed by atoms with Gasteiger partial charge in [0.2, 0.25) is 0 Å². The highest BCUT2D eigenvalue weighted by Crippen LogP contribution is 2.37. The third kappa shape index (κ3) is 6.94. The molecule has 0 atom stereocenters. The number of ether oxygens (including phenoxy) is 4. The minimum Gasteiger partial charge on any atom is -0.488 e. The Hall–Kier alpha value is -4.18. The Labute approximate surface area is 246 Å². The molecule has 7 heteroatoms. The molecule has 1 aliphatic heterocycles. The second-order valence-electron chi connectivity index (χ2n) is 9.90. The molecule has 0 fully saturated rings. The summed E-state index contributed by atoms with van der Waals surface area (Å²) in [5, 5.41) is 13.2. The highest BCUT2D eigenvalue weighted by atomic mass is 35.5. The van der Waals surface area contributed by atoms with Crippen molar-refractivity contribution < 1.29 is 18.9 Å². The number of fused-ring (bicyclic) bond motifs is 1. The average Bonchev–Trinajstić information content (AvgIpc) is 3.00. The van der Waals surface area contributed by atoms with Gasteiger partial charge in [0.25, 0.3) is 0 Å². The molecule has 0 saturated heterocycles. The molecule has 210 valence electrons. The van der Waals surface area contributed by atoms with Crippen LogP contribution in [0, 0.1) is 18.3 Å². The van der Waals surface area contributed by atoms with Crippen molar-refractivity contribution in [1.82, 2.24) is 5.32 Å². The van der Waals surface area contributed by atoms with Crippen molar-refractivity contribution in [2.45, 2.75) is 40.0 Å². The number of nitrogens with one attached hydrogen (secondary N) is 1. The number of hydrogen-bond donors (Lipinski definition) is 1. The van der Waals surface area contributed by atoms with E-state index in [1.165, 1.54) is 0 Å². The van der Waals surface area contributed by atoms with Crippen LogP contribution in [0.3, 0.4) is 0 Å². The molecule has 5 rings (SSSR count). The summed E-state index contributed by atoms with van der Waals surface area (Å²) in [7, 11) is 0. The number of halogens is 1. The van der Waals surface area contributed by atoms with Crippen LogP contribution in [0.25, 0.3) is 11.1 Å². The van der Waals surface area contributed by atoms with E-state index >= 15 is 0 Å². The first-order valence-electron chi connectivity index (χ1n) is 13.8. The Morgan fingerprint density at radius 3 is 2.51 bits per heavy atom. The molecule has 1 aliphatic rings. The largest absolute Gasteiger partial charge is 0.488 e. The summed E-state index contributed by atoms with van der Waals surface area (Å²) in [5.41, 5.74) is 6.81. The standard InChI is InChI=1S/C34H33ClN2O4/c1-3-12-37-20-28-16-30(35)33(18-32(28)40-21-25-7-4-6-24(15-25)19-36)41-22-27-8-5-9-29(23(27)2)26-10-11-31-34(17-26)39-14-13-38-31/h4-11,15-18,37H,3,12-14,20-22H2,1-2H3. The predicted molar refractivity (Wildman–Crippen MR) is 161 cm³/mol. The third-order valence-electron chi connectivity index (χ3n) is 6.99. The minimum absolute atomic E-state index is 0.327. The summed E-state index contributed by atoms with van der Waals surface area (Å²) in [5.74, 6) is 2.78. The van der Waals surface area contributed by atoms with Crippen LogP contribution in [0.4, 0.5) is 0 Å². The highest BCUT2D eigenvalue weighted by molar-refractivity contribution is 6.32. The van der Waals surface area contributed by atoms with Crippen LogP contribution in [-0.4, -0.2) is 19.8 Å². The quantitative estimate of drug-likeness (QED) is 0.188. The molecule has 1 N–H and O–H groups in total. The SMILES string of the molecule is CCCNCc1cc(Cl)c(OCc2cccc(-c3ccc4c(c3)OCCO4)c2C)cc1OCc1cccc(C#N)c1.